The maximum atomic E-state index is 12.6. The Balaban J connectivity index is 1.83. The molecule has 1 aliphatic rings. The standard InChI is InChI=1S/C18H16N2OS/c1-10-4-5-13-7-14(17(21)15(13)6-10)8-16-12(3)19-18-20(16)9-11(2)22-18/h4-6,8-9H,7H2,1-3H3. The van der Waals surface area contributed by atoms with Gasteiger partial charge in [0, 0.05) is 28.6 Å². The van der Waals surface area contributed by atoms with Crippen molar-refractivity contribution in [3.63, 3.8) is 0 Å². The van der Waals surface area contributed by atoms with Crippen LogP contribution in [0, 0.1) is 20.8 Å². The van der Waals surface area contributed by atoms with Crippen molar-refractivity contribution >= 4 is 28.2 Å². The Morgan fingerprint density at radius 3 is 2.91 bits per heavy atom. The molecule has 0 fully saturated rings. The molecule has 2 aromatic heterocycles. The Hall–Kier alpha value is -2.20. The number of aromatic nitrogens is 2. The van der Waals surface area contributed by atoms with Gasteiger partial charge in [0.1, 0.15) is 0 Å². The van der Waals surface area contributed by atoms with Crippen LogP contribution in [0.3, 0.4) is 0 Å². The van der Waals surface area contributed by atoms with Crippen molar-refractivity contribution < 1.29 is 4.79 Å². The number of fused-ring (bicyclic) bond motifs is 2. The number of nitrogens with zero attached hydrogens (tertiary/aromatic N) is 2. The molecule has 2 heterocycles. The van der Waals surface area contributed by atoms with Gasteiger partial charge in [-0.15, -0.1) is 11.3 Å². The lowest BCUT2D eigenvalue weighted by Crippen LogP contribution is -1.97. The van der Waals surface area contributed by atoms with Gasteiger partial charge in [-0.2, -0.15) is 0 Å². The van der Waals surface area contributed by atoms with E-state index in [-0.39, 0.29) is 5.78 Å². The summed E-state index contributed by atoms with van der Waals surface area (Å²) in [6.45, 7) is 6.09. The number of allylic oxidation sites excluding steroid dienone is 1. The third kappa shape index (κ3) is 1.95. The molecule has 0 saturated heterocycles. The molecular formula is C18H16N2OS. The lowest BCUT2D eigenvalue weighted by atomic mass is 10.1. The van der Waals surface area contributed by atoms with E-state index in [9.17, 15) is 4.79 Å². The van der Waals surface area contributed by atoms with Gasteiger partial charge in [-0.25, -0.2) is 4.98 Å². The average molecular weight is 308 g/mol. The van der Waals surface area contributed by atoms with Crippen LogP contribution in [-0.2, 0) is 6.42 Å². The minimum atomic E-state index is 0.153. The van der Waals surface area contributed by atoms with Crippen molar-refractivity contribution in [3.05, 3.63) is 62.9 Å². The summed E-state index contributed by atoms with van der Waals surface area (Å²) in [5.41, 5.74) is 5.96. The molecule has 0 bridgehead atoms. The van der Waals surface area contributed by atoms with Crippen molar-refractivity contribution in [1.82, 2.24) is 9.38 Å². The second-order valence-corrected chi connectivity index (χ2v) is 7.13. The first-order valence-electron chi connectivity index (χ1n) is 7.33. The summed E-state index contributed by atoms with van der Waals surface area (Å²) in [6.07, 6.45) is 4.81. The zero-order valence-corrected chi connectivity index (χ0v) is 13.6. The van der Waals surface area contributed by atoms with Gasteiger partial charge in [0.05, 0.1) is 11.4 Å². The monoisotopic (exact) mass is 308 g/mol. The van der Waals surface area contributed by atoms with Crippen molar-refractivity contribution in [1.29, 1.82) is 0 Å². The lowest BCUT2D eigenvalue weighted by Gasteiger charge is -1.97. The van der Waals surface area contributed by atoms with Crippen LogP contribution in [0.1, 0.15) is 37.7 Å². The average Bonchev–Trinajstić information content (AvgIpc) is 3.06. The predicted octanol–water partition coefficient (Wildman–Crippen LogP) is 4.14. The molecule has 0 atom stereocenters. The summed E-state index contributed by atoms with van der Waals surface area (Å²) in [5.74, 6) is 0.153. The van der Waals surface area contributed by atoms with Crippen molar-refractivity contribution in [2.24, 2.45) is 0 Å². The summed E-state index contributed by atoms with van der Waals surface area (Å²) >= 11 is 1.67. The molecule has 0 unspecified atom stereocenters. The molecule has 22 heavy (non-hydrogen) atoms. The van der Waals surface area contributed by atoms with Crippen molar-refractivity contribution in [2.75, 3.05) is 0 Å². The molecule has 110 valence electrons. The summed E-state index contributed by atoms with van der Waals surface area (Å²) < 4.78 is 2.09. The number of hydrogen-bond acceptors (Lipinski definition) is 3. The second kappa shape index (κ2) is 4.65. The van der Waals surface area contributed by atoms with Crippen LogP contribution in [-0.4, -0.2) is 15.2 Å². The van der Waals surface area contributed by atoms with E-state index in [4.69, 9.17) is 0 Å². The van der Waals surface area contributed by atoms with Crippen LogP contribution in [0.15, 0.2) is 30.0 Å². The SMILES string of the molecule is Cc1ccc2c(c1)C(=O)C(=Cc1c(C)nc3sc(C)cn13)C2. The van der Waals surface area contributed by atoms with E-state index in [2.05, 4.69) is 34.6 Å². The minimum absolute atomic E-state index is 0.153. The normalized spacial score (nSPS) is 16.0. The van der Waals surface area contributed by atoms with Gasteiger partial charge in [0.2, 0.25) is 0 Å². The van der Waals surface area contributed by atoms with Gasteiger partial charge in [0.15, 0.2) is 10.7 Å². The molecule has 0 spiro atoms. The maximum Gasteiger partial charge on any atom is 0.194 e. The fourth-order valence-corrected chi connectivity index (χ4v) is 3.93. The number of ketones is 1. The van der Waals surface area contributed by atoms with Crippen LogP contribution in [0.5, 0.6) is 0 Å². The number of thiazole rings is 1. The topological polar surface area (TPSA) is 34.4 Å². The smallest absolute Gasteiger partial charge is 0.194 e. The van der Waals surface area contributed by atoms with Crippen LogP contribution in [0.25, 0.3) is 11.0 Å². The largest absolute Gasteiger partial charge is 0.290 e. The summed E-state index contributed by atoms with van der Waals surface area (Å²) in [7, 11) is 0. The highest BCUT2D eigenvalue weighted by molar-refractivity contribution is 7.17. The first-order chi connectivity index (χ1) is 10.5. The Morgan fingerprint density at radius 1 is 1.27 bits per heavy atom. The molecule has 1 aromatic carbocycles. The molecule has 1 aliphatic carbocycles. The molecule has 3 aromatic rings. The van der Waals surface area contributed by atoms with Gasteiger partial charge < -0.3 is 0 Å². The molecule has 3 nitrogen and oxygen atoms in total. The molecule has 0 amide bonds. The zero-order chi connectivity index (χ0) is 15.4. The van der Waals surface area contributed by atoms with E-state index >= 15 is 0 Å². The number of aryl methyl sites for hydroxylation is 3. The van der Waals surface area contributed by atoms with Gasteiger partial charge in [-0.05, 0) is 38.5 Å². The Labute approximate surface area is 132 Å². The van der Waals surface area contributed by atoms with Crippen molar-refractivity contribution in [3.8, 4) is 0 Å². The predicted molar refractivity (Wildman–Crippen MR) is 89.7 cm³/mol. The Kier molecular flexibility index (Phi) is 2.84. The Bertz CT molecular complexity index is 959. The van der Waals surface area contributed by atoms with Gasteiger partial charge in [0.25, 0.3) is 0 Å². The number of imidazole rings is 1. The molecule has 4 rings (SSSR count). The molecular weight excluding hydrogens is 292 g/mol. The first kappa shape index (κ1) is 13.5. The highest BCUT2D eigenvalue weighted by Gasteiger charge is 2.25. The van der Waals surface area contributed by atoms with E-state index in [0.29, 0.717) is 6.42 Å². The van der Waals surface area contributed by atoms with Crippen LogP contribution < -0.4 is 0 Å². The summed E-state index contributed by atoms with van der Waals surface area (Å²) in [4.78, 5) is 19.4. The van der Waals surface area contributed by atoms with Crippen LogP contribution in [0.2, 0.25) is 0 Å². The third-order valence-corrected chi connectivity index (χ3v) is 5.05. The number of carbonyl (C=O) groups excluding carboxylic acids is 1. The van der Waals surface area contributed by atoms with E-state index in [1.54, 1.807) is 11.3 Å². The number of Topliss-reactive ketones (excluding diaryl/α,β-unsaturated/α-hetero) is 1. The molecule has 0 radical (unpaired) electrons. The highest BCUT2D eigenvalue weighted by atomic mass is 32.1. The number of carbonyl (C=O) groups is 1. The molecule has 0 saturated carbocycles. The minimum Gasteiger partial charge on any atom is -0.290 e. The summed E-state index contributed by atoms with van der Waals surface area (Å²) in [5, 5.41) is 0. The van der Waals surface area contributed by atoms with E-state index in [0.717, 1.165) is 38.6 Å². The molecule has 0 N–H and O–H groups in total. The molecule has 0 aliphatic heterocycles. The second-order valence-electron chi connectivity index (χ2n) is 5.91. The number of rotatable bonds is 1. The van der Waals surface area contributed by atoms with E-state index in [1.807, 2.05) is 26.0 Å². The number of hydrogen-bond donors (Lipinski definition) is 0. The van der Waals surface area contributed by atoms with E-state index in [1.165, 1.54) is 4.88 Å². The van der Waals surface area contributed by atoms with Gasteiger partial charge in [-0.3, -0.25) is 9.20 Å². The third-order valence-electron chi connectivity index (χ3n) is 4.16. The Morgan fingerprint density at radius 2 is 2.09 bits per heavy atom. The van der Waals surface area contributed by atoms with Gasteiger partial charge in [-0.1, -0.05) is 17.7 Å². The fourth-order valence-electron chi connectivity index (χ4n) is 3.05. The maximum absolute atomic E-state index is 12.6. The zero-order valence-electron chi connectivity index (χ0n) is 12.8. The lowest BCUT2D eigenvalue weighted by molar-refractivity contribution is 0.104. The quantitative estimate of drug-likeness (QED) is 0.633. The van der Waals surface area contributed by atoms with Crippen LogP contribution >= 0.6 is 11.3 Å². The van der Waals surface area contributed by atoms with Crippen LogP contribution in [0.4, 0.5) is 0 Å². The fraction of sp³-hybridized carbons (Fsp3) is 0.222. The highest BCUT2D eigenvalue weighted by Crippen LogP contribution is 2.30. The first-order valence-corrected chi connectivity index (χ1v) is 8.14. The summed E-state index contributed by atoms with van der Waals surface area (Å²) in [6, 6.07) is 6.13. The van der Waals surface area contributed by atoms with Gasteiger partial charge >= 0.3 is 0 Å². The number of benzene rings is 1. The molecule has 4 heteroatoms. The van der Waals surface area contributed by atoms with Crippen molar-refractivity contribution in [2.45, 2.75) is 27.2 Å². The van der Waals surface area contributed by atoms with E-state index < -0.39 is 0 Å².